The summed E-state index contributed by atoms with van der Waals surface area (Å²) in [5, 5.41) is 0.963. The van der Waals surface area contributed by atoms with Gasteiger partial charge in [-0.15, -0.1) is 0 Å². The highest BCUT2D eigenvalue weighted by atomic mass is 19.1. The molecule has 32 heavy (non-hydrogen) atoms. The first kappa shape index (κ1) is 20.7. The van der Waals surface area contributed by atoms with E-state index in [2.05, 4.69) is 11.0 Å². The Kier molecular flexibility index (Phi) is 5.43. The molecule has 0 bridgehead atoms. The van der Waals surface area contributed by atoms with Crippen molar-refractivity contribution < 1.29 is 13.9 Å². The highest BCUT2D eigenvalue weighted by molar-refractivity contribution is 6.06. The van der Waals surface area contributed by atoms with Crippen LogP contribution in [-0.2, 0) is 4.74 Å². The Morgan fingerprint density at radius 2 is 1.94 bits per heavy atom. The maximum atomic E-state index is 13.8. The topological polar surface area (TPSA) is 71.7 Å². The van der Waals surface area contributed by atoms with Crippen LogP contribution in [0.15, 0.2) is 42.5 Å². The molecule has 1 amide bonds. The third kappa shape index (κ3) is 3.66. The first-order valence-electron chi connectivity index (χ1n) is 11.1. The molecule has 5 rings (SSSR count). The molecule has 0 saturated carbocycles. The molecule has 1 unspecified atom stereocenters. The van der Waals surface area contributed by atoms with Gasteiger partial charge in [0.05, 0.1) is 31.0 Å². The molecule has 0 spiro atoms. The van der Waals surface area contributed by atoms with Crippen molar-refractivity contribution in [2.24, 2.45) is 0 Å². The van der Waals surface area contributed by atoms with E-state index in [9.17, 15) is 9.18 Å². The maximum absolute atomic E-state index is 13.8. The second-order valence-corrected chi connectivity index (χ2v) is 8.50. The number of amides is 1. The number of carbonyl (C=O) groups is 1. The number of hydrogen-bond acceptors (Lipinski definition) is 5. The molecule has 0 radical (unpaired) electrons. The number of morpholine rings is 1. The van der Waals surface area contributed by atoms with Crippen LogP contribution in [-0.4, -0.2) is 61.4 Å². The molecule has 1 aromatic heterocycles. The van der Waals surface area contributed by atoms with Crippen LogP contribution in [0.5, 0.6) is 0 Å². The van der Waals surface area contributed by atoms with E-state index < -0.39 is 6.17 Å². The molecule has 2 aliphatic rings. The Hall–Kier alpha value is -3.19. The minimum absolute atomic E-state index is 0.140. The molecule has 2 saturated heterocycles. The van der Waals surface area contributed by atoms with Crippen molar-refractivity contribution >= 4 is 28.3 Å². The molecular formula is C25H27FN4O2. The minimum atomic E-state index is -0.954. The smallest absolute Gasteiger partial charge is 0.254 e. The number of likely N-dealkylation sites (tertiary alicyclic amines) is 1. The summed E-state index contributed by atoms with van der Waals surface area (Å²) in [7, 11) is 0. The van der Waals surface area contributed by atoms with Crippen molar-refractivity contribution in [2.75, 3.05) is 50.0 Å². The van der Waals surface area contributed by atoms with Crippen LogP contribution in [0.2, 0.25) is 0 Å². The number of aromatic nitrogens is 1. The van der Waals surface area contributed by atoms with Crippen LogP contribution < -0.4 is 10.6 Å². The lowest BCUT2D eigenvalue weighted by Gasteiger charge is -2.29. The summed E-state index contributed by atoms with van der Waals surface area (Å²) in [5.41, 5.74) is 11.3. The van der Waals surface area contributed by atoms with Gasteiger partial charge in [0, 0.05) is 36.1 Å². The molecule has 6 nitrogen and oxygen atoms in total. The van der Waals surface area contributed by atoms with E-state index in [0.717, 1.165) is 46.4 Å². The van der Waals surface area contributed by atoms with E-state index in [1.807, 2.05) is 43.3 Å². The number of benzene rings is 2. The highest BCUT2D eigenvalue weighted by Crippen LogP contribution is 2.36. The largest absolute Gasteiger partial charge is 0.382 e. The summed E-state index contributed by atoms with van der Waals surface area (Å²) >= 11 is 0. The maximum Gasteiger partial charge on any atom is 0.254 e. The zero-order valence-electron chi connectivity index (χ0n) is 18.2. The standard InChI is InChI=1S/C25H27FN4O2/c1-16-4-2-7-20(25(31)30-9-8-18(26)15-30)22(16)19-6-3-5-17-14-21(24(27)28-23(17)19)29-10-12-32-13-11-29/h2-7,14,18H,8-13,15H2,1H3,(H2,27,28). The van der Waals surface area contributed by atoms with Crippen LogP contribution in [0.4, 0.5) is 15.9 Å². The van der Waals surface area contributed by atoms with Gasteiger partial charge in [-0.1, -0.05) is 30.3 Å². The molecule has 2 aliphatic heterocycles. The Morgan fingerprint density at radius 1 is 1.16 bits per heavy atom. The Morgan fingerprint density at radius 3 is 2.69 bits per heavy atom. The third-order valence-corrected chi connectivity index (χ3v) is 6.40. The zero-order chi connectivity index (χ0) is 22.2. The fourth-order valence-electron chi connectivity index (χ4n) is 4.74. The Balaban J connectivity index is 1.62. The van der Waals surface area contributed by atoms with Gasteiger partial charge in [0.2, 0.25) is 0 Å². The van der Waals surface area contributed by atoms with Crippen molar-refractivity contribution in [1.29, 1.82) is 0 Å². The molecular weight excluding hydrogens is 407 g/mol. The van der Waals surface area contributed by atoms with E-state index >= 15 is 0 Å². The monoisotopic (exact) mass is 434 g/mol. The summed E-state index contributed by atoms with van der Waals surface area (Å²) < 4.78 is 19.2. The number of ether oxygens (including phenoxy) is 1. The summed E-state index contributed by atoms with van der Waals surface area (Å²) in [4.78, 5) is 21.9. The molecule has 0 aliphatic carbocycles. The van der Waals surface area contributed by atoms with E-state index in [-0.39, 0.29) is 12.5 Å². The molecule has 2 aromatic carbocycles. The van der Waals surface area contributed by atoms with Crippen molar-refractivity contribution in [1.82, 2.24) is 9.88 Å². The number of para-hydroxylation sites is 1. The number of nitrogens with two attached hydrogens (primary N) is 1. The molecule has 2 N–H and O–H groups in total. The number of nitrogen functional groups attached to an aromatic ring is 1. The number of anilines is 2. The van der Waals surface area contributed by atoms with Gasteiger partial charge in [-0.05, 0) is 36.6 Å². The average molecular weight is 435 g/mol. The van der Waals surface area contributed by atoms with Gasteiger partial charge in [-0.25, -0.2) is 9.37 Å². The SMILES string of the molecule is Cc1cccc(C(=O)N2CCC(F)C2)c1-c1cccc2cc(N3CCOCC3)c(N)nc12. The van der Waals surface area contributed by atoms with Crippen LogP contribution in [0, 0.1) is 6.92 Å². The van der Waals surface area contributed by atoms with Gasteiger partial charge >= 0.3 is 0 Å². The fourth-order valence-corrected chi connectivity index (χ4v) is 4.74. The second kappa shape index (κ2) is 8.39. The first-order valence-corrected chi connectivity index (χ1v) is 11.1. The number of pyridine rings is 1. The lowest BCUT2D eigenvalue weighted by molar-refractivity contribution is 0.0783. The molecule has 3 aromatic rings. The van der Waals surface area contributed by atoms with Crippen LogP contribution in [0.3, 0.4) is 0 Å². The lowest BCUT2D eigenvalue weighted by Crippen LogP contribution is -2.36. The van der Waals surface area contributed by atoms with E-state index in [1.165, 1.54) is 0 Å². The normalized spacial score (nSPS) is 19.0. The first-order chi connectivity index (χ1) is 15.5. The quantitative estimate of drug-likeness (QED) is 0.679. The number of hydrogen-bond donors (Lipinski definition) is 1. The average Bonchev–Trinajstić information content (AvgIpc) is 3.24. The van der Waals surface area contributed by atoms with Gasteiger partial charge in [0.1, 0.15) is 12.0 Å². The predicted octanol–water partition coefficient (Wildman–Crippen LogP) is 3.81. The van der Waals surface area contributed by atoms with E-state index in [4.69, 9.17) is 15.5 Å². The van der Waals surface area contributed by atoms with Gasteiger partial charge in [0.15, 0.2) is 0 Å². The number of carbonyl (C=O) groups excluding carboxylic acids is 1. The number of halogens is 1. The van der Waals surface area contributed by atoms with Crippen LogP contribution in [0.25, 0.3) is 22.0 Å². The molecule has 2 fully saturated rings. The molecule has 3 heterocycles. The summed E-state index contributed by atoms with van der Waals surface area (Å²) in [6.07, 6.45) is -0.561. The molecule has 166 valence electrons. The van der Waals surface area contributed by atoms with E-state index in [1.54, 1.807) is 4.90 Å². The van der Waals surface area contributed by atoms with E-state index in [0.29, 0.717) is 37.6 Å². The van der Waals surface area contributed by atoms with Crippen LogP contribution in [0.1, 0.15) is 22.3 Å². The van der Waals surface area contributed by atoms with Crippen LogP contribution >= 0.6 is 0 Å². The van der Waals surface area contributed by atoms with Gasteiger partial charge in [-0.3, -0.25) is 4.79 Å². The van der Waals surface area contributed by atoms with Gasteiger partial charge in [0.25, 0.3) is 5.91 Å². The van der Waals surface area contributed by atoms with Gasteiger partial charge in [-0.2, -0.15) is 0 Å². The highest BCUT2D eigenvalue weighted by Gasteiger charge is 2.29. The van der Waals surface area contributed by atoms with Crippen molar-refractivity contribution in [3.05, 3.63) is 53.6 Å². The summed E-state index contributed by atoms with van der Waals surface area (Å²) in [5.74, 6) is 0.326. The number of alkyl halides is 1. The molecule has 7 heteroatoms. The number of rotatable bonds is 3. The lowest BCUT2D eigenvalue weighted by atomic mass is 9.92. The van der Waals surface area contributed by atoms with Crippen molar-refractivity contribution in [3.63, 3.8) is 0 Å². The number of fused-ring (bicyclic) bond motifs is 1. The number of aryl methyl sites for hydroxylation is 1. The third-order valence-electron chi connectivity index (χ3n) is 6.40. The Bertz CT molecular complexity index is 1180. The summed E-state index contributed by atoms with van der Waals surface area (Å²) in [6.45, 7) is 5.47. The van der Waals surface area contributed by atoms with Crippen molar-refractivity contribution in [3.8, 4) is 11.1 Å². The van der Waals surface area contributed by atoms with Crippen molar-refractivity contribution in [2.45, 2.75) is 19.5 Å². The summed E-state index contributed by atoms with van der Waals surface area (Å²) in [6, 6.07) is 13.7. The fraction of sp³-hybridized carbons (Fsp3) is 0.360. The number of nitrogens with zero attached hydrogens (tertiary/aromatic N) is 3. The second-order valence-electron chi connectivity index (χ2n) is 8.50. The zero-order valence-corrected chi connectivity index (χ0v) is 18.2. The minimum Gasteiger partial charge on any atom is -0.382 e. The Labute approximate surface area is 186 Å². The predicted molar refractivity (Wildman–Crippen MR) is 125 cm³/mol. The van der Waals surface area contributed by atoms with Gasteiger partial charge < -0.3 is 20.3 Å². The molecule has 1 atom stereocenters.